The lowest BCUT2D eigenvalue weighted by Gasteiger charge is -2.30. The van der Waals surface area contributed by atoms with Crippen molar-refractivity contribution in [1.29, 1.82) is 0 Å². The fourth-order valence-corrected chi connectivity index (χ4v) is 2.55. The predicted octanol–water partition coefficient (Wildman–Crippen LogP) is 2.59. The van der Waals surface area contributed by atoms with Gasteiger partial charge in [0.2, 0.25) is 0 Å². The lowest BCUT2D eigenvalue weighted by molar-refractivity contribution is 0.171. The van der Waals surface area contributed by atoms with Gasteiger partial charge >= 0.3 is 0 Å². The summed E-state index contributed by atoms with van der Waals surface area (Å²) in [6.07, 6.45) is 8.68. The number of rotatable bonds is 5. The normalized spacial score (nSPS) is 19.8. The second-order valence-corrected chi connectivity index (χ2v) is 5.08. The molecule has 0 aliphatic heterocycles. The Bertz CT molecular complexity index is 149. The maximum atomic E-state index is 2.69. The first-order valence-corrected chi connectivity index (χ1v) is 6.62. The molecule has 90 valence electrons. The van der Waals surface area contributed by atoms with Crippen LogP contribution in [0.3, 0.4) is 0 Å². The summed E-state index contributed by atoms with van der Waals surface area (Å²) in [5.41, 5.74) is 0. The topological polar surface area (TPSA) is 6.48 Å². The van der Waals surface area contributed by atoms with Gasteiger partial charge in [-0.05, 0) is 33.5 Å². The third kappa shape index (κ3) is 4.98. The summed E-state index contributed by atoms with van der Waals surface area (Å²) in [6, 6.07) is 0.873. The van der Waals surface area contributed by atoms with Crippen LogP contribution in [-0.2, 0) is 0 Å². The van der Waals surface area contributed by atoms with E-state index >= 15 is 0 Å². The second kappa shape index (κ2) is 7.24. The van der Waals surface area contributed by atoms with Crippen molar-refractivity contribution in [3.05, 3.63) is 0 Å². The molecule has 0 spiro atoms. The molecule has 0 saturated heterocycles. The maximum Gasteiger partial charge on any atom is 0.0112 e. The van der Waals surface area contributed by atoms with Crippen LogP contribution in [-0.4, -0.2) is 49.6 Å². The number of likely N-dealkylation sites (N-methyl/N-ethyl adjacent to an activating group) is 2. The smallest absolute Gasteiger partial charge is 0.0112 e. The molecule has 0 N–H and O–H groups in total. The van der Waals surface area contributed by atoms with Crippen molar-refractivity contribution in [1.82, 2.24) is 9.80 Å². The van der Waals surface area contributed by atoms with Crippen LogP contribution in [0, 0.1) is 0 Å². The highest BCUT2D eigenvalue weighted by Crippen LogP contribution is 2.21. The summed E-state index contributed by atoms with van der Waals surface area (Å²) in [7, 11) is 4.34. The van der Waals surface area contributed by atoms with Gasteiger partial charge in [-0.3, -0.25) is 4.90 Å². The average Bonchev–Trinajstić information content (AvgIpc) is 2.47. The van der Waals surface area contributed by atoms with Gasteiger partial charge < -0.3 is 4.90 Å². The Morgan fingerprint density at radius 3 is 2.00 bits per heavy atom. The van der Waals surface area contributed by atoms with Gasteiger partial charge in [-0.2, -0.15) is 0 Å². The van der Waals surface area contributed by atoms with E-state index in [9.17, 15) is 0 Å². The molecule has 1 saturated carbocycles. The molecule has 1 aliphatic rings. The minimum Gasteiger partial charge on any atom is -0.308 e. The molecule has 0 aromatic heterocycles. The standard InChI is InChI=1S/C13H28N2/c1-4-15(12-11-14(2)3)13-9-7-5-6-8-10-13/h13H,4-12H2,1-3H3. The van der Waals surface area contributed by atoms with E-state index < -0.39 is 0 Å². The molecule has 1 fully saturated rings. The highest BCUT2D eigenvalue weighted by atomic mass is 15.2. The van der Waals surface area contributed by atoms with E-state index in [1.165, 1.54) is 58.2 Å². The Kier molecular flexibility index (Phi) is 6.26. The zero-order valence-electron chi connectivity index (χ0n) is 10.8. The first-order chi connectivity index (χ1) is 7.24. The van der Waals surface area contributed by atoms with E-state index in [1.807, 2.05) is 0 Å². The van der Waals surface area contributed by atoms with Crippen molar-refractivity contribution in [2.75, 3.05) is 33.7 Å². The molecular formula is C13H28N2. The van der Waals surface area contributed by atoms with E-state index in [1.54, 1.807) is 0 Å². The molecule has 15 heavy (non-hydrogen) atoms. The Labute approximate surface area is 95.6 Å². The third-order valence-corrected chi connectivity index (χ3v) is 3.58. The summed E-state index contributed by atoms with van der Waals surface area (Å²) in [5, 5.41) is 0. The summed E-state index contributed by atoms with van der Waals surface area (Å²) < 4.78 is 0. The molecule has 0 heterocycles. The number of hydrogen-bond acceptors (Lipinski definition) is 2. The Hall–Kier alpha value is -0.0800. The van der Waals surface area contributed by atoms with Crippen LogP contribution in [0.1, 0.15) is 45.4 Å². The predicted molar refractivity (Wildman–Crippen MR) is 67.3 cm³/mol. The van der Waals surface area contributed by atoms with Crippen molar-refractivity contribution >= 4 is 0 Å². The van der Waals surface area contributed by atoms with Crippen molar-refractivity contribution in [2.24, 2.45) is 0 Å². The van der Waals surface area contributed by atoms with E-state index in [0.717, 1.165) is 6.04 Å². The fourth-order valence-electron chi connectivity index (χ4n) is 2.55. The third-order valence-electron chi connectivity index (χ3n) is 3.58. The maximum absolute atomic E-state index is 2.69. The first kappa shape index (κ1) is 13.0. The Morgan fingerprint density at radius 1 is 0.933 bits per heavy atom. The summed E-state index contributed by atoms with van der Waals surface area (Å²) in [5.74, 6) is 0. The molecule has 2 heteroatoms. The quantitative estimate of drug-likeness (QED) is 0.646. The lowest BCUT2D eigenvalue weighted by atomic mass is 10.1. The molecule has 1 rings (SSSR count). The summed E-state index contributed by atoms with van der Waals surface area (Å²) in [4.78, 5) is 4.98. The molecule has 0 bridgehead atoms. The van der Waals surface area contributed by atoms with Crippen LogP contribution in [0.2, 0.25) is 0 Å². The Morgan fingerprint density at radius 2 is 1.53 bits per heavy atom. The molecule has 0 aromatic rings. The van der Waals surface area contributed by atoms with Crippen molar-refractivity contribution < 1.29 is 0 Å². The van der Waals surface area contributed by atoms with Crippen molar-refractivity contribution in [2.45, 2.75) is 51.5 Å². The summed E-state index contributed by atoms with van der Waals surface area (Å²) >= 11 is 0. The molecule has 1 aliphatic carbocycles. The molecule has 0 unspecified atom stereocenters. The molecule has 0 amide bonds. The summed E-state index contributed by atoms with van der Waals surface area (Å²) in [6.45, 7) is 5.97. The van der Waals surface area contributed by atoms with Crippen LogP contribution in [0.4, 0.5) is 0 Å². The number of nitrogens with zero attached hydrogens (tertiary/aromatic N) is 2. The highest BCUT2D eigenvalue weighted by Gasteiger charge is 2.18. The van der Waals surface area contributed by atoms with E-state index in [4.69, 9.17) is 0 Å². The zero-order valence-corrected chi connectivity index (χ0v) is 10.8. The molecule has 0 radical (unpaired) electrons. The van der Waals surface area contributed by atoms with Crippen LogP contribution in [0.25, 0.3) is 0 Å². The highest BCUT2D eigenvalue weighted by molar-refractivity contribution is 4.74. The minimum absolute atomic E-state index is 0.873. The van der Waals surface area contributed by atoms with Gasteiger partial charge in [-0.15, -0.1) is 0 Å². The molecule has 2 nitrogen and oxygen atoms in total. The first-order valence-electron chi connectivity index (χ1n) is 6.62. The monoisotopic (exact) mass is 212 g/mol. The van der Waals surface area contributed by atoms with Gasteiger partial charge in [-0.25, -0.2) is 0 Å². The molecule has 0 atom stereocenters. The minimum atomic E-state index is 0.873. The van der Waals surface area contributed by atoms with Crippen LogP contribution in [0.15, 0.2) is 0 Å². The second-order valence-electron chi connectivity index (χ2n) is 5.08. The zero-order chi connectivity index (χ0) is 11.1. The van der Waals surface area contributed by atoms with Crippen LogP contribution < -0.4 is 0 Å². The van der Waals surface area contributed by atoms with Crippen molar-refractivity contribution in [3.8, 4) is 0 Å². The van der Waals surface area contributed by atoms with E-state index in [0.29, 0.717) is 0 Å². The van der Waals surface area contributed by atoms with E-state index in [2.05, 4.69) is 30.8 Å². The SMILES string of the molecule is CCN(CCN(C)C)C1CCCCCC1. The Balaban J connectivity index is 2.34. The fraction of sp³-hybridized carbons (Fsp3) is 1.00. The number of hydrogen-bond donors (Lipinski definition) is 0. The molecule has 0 aromatic carbocycles. The van der Waals surface area contributed by atoms with Gasteiger partial charge in [0.1, 0.15) is 0 Å². The van der Waals surface area contributed by atoms with Crippen LogP contribution >= 0.6 is 0 Å². The van der Waals surface area contributed by atoms with Gasteiger partial charge in [-0.1, -0.05) is 32.6 Å². The van der Waals surface area contributed by atoms with Crippen LogP contribution in [0.5, 0.6) is 0 Å². The van der Waals surface area contributed by atoms with Gasteiger partial charge in [0.25, 0.3) is 0 Å². The average molecular weight is 212 g/mol. The van der Waals surface area contributed by atoms with Gasteiger partial charge in [0, 0.05) is 19.1 Å². The van der Waals surface area contributed by atoms with E-state index in [-0.39, 0.29) is 0 Å². The van der Waals surface area contributed by atoms with Gasteiger partial charge in [0.15, 0.2) is 0 Å². The largest absolute Gasteiger partial charge is 0.308 e. The van der Waals surface area contributed by atoms with Crippen molar-refractivity contribution in [3.63, 3.8) is 0 Å². The molecular weight excluding hydrogens is 184 g/mol. The lowest BCUT2D eigenvalue weighted by Crippen LogP contribution is -2.39. The van der Waals surface area contributed by atoms with Gasteiger partial charge in [0.05, 0.1) is 0 Å².